The maximum atomic E-state index is 13.5. The van der Waals surface area contributed by atoms with Crippen molar-refractivity contribution in [2.75, 3.05) is 20.7 Å². The van der Waals surface area contributed by atoms with E-state index in [1.165, 1.54) is 19.1 Å². The molecule has 4 nitrogen and oxygen atoms in total. The molecule has 94 valence electrons. The average Bonchev–Trinajstić information content (AvgIpc) is 2.21. The Bertz CT molecular complexity index is 423. The highest BCUT2D eigenvalue weighted by Crippen LogP contribution is 2.21. The SMILES string of the molecule is COc1cc(F)c(CN(C)CC(=O)O)cc1F. The molecule has 0 aliphatic carbocycles. The predicted molar refractivity (Wildman–Crippen MR) is 56.9 cm³/mol. The highest BCUT2D eigenvalue weighted by molar-refractivity contribution is 5.69. The Morgan fingerprint density at radius 3 is 2.59 bits per heavy atom. The highest BCUT2D eigenvalue weighted by atomic mass is 19.1. The molecule has 0 amide bonds. The molecule has 1 aromatic rings. The van der Waals surface area contributed by atoms with Gasteiger partial charge in [-0.1, -0.05) is 0 Å². The molecule has 17 heavy (non-hydrogen) atoms. The Balaban J connectivity index is 2.84. The quantitative estimate of drug-likeness (QED) is 0.853. The van der Waals surface area contributed by atoms with E-state index in [2.05, 4.69) is 4.74 Å². The van der Waals surface area contributed by atoms with Gasteiger partial charge in [-0.3, -0.25) is 9.69 Å². The van der Waals surface area contributed by atoms with Crippen molar-refractivity contribution in [1.29, 1.82) is 0 Å². The van der Waals surface area contributed by atoms with Crippen LogP contribution in [-0.4, -0.2) is 36.7 Å². The number of benzene rings is 1. The first kappa shape index (κ1) is 13.4. The van der Waals surface area contributed by atoms with Crippen LogP contribution in [0, 0.1) is 11.6 Å². The van der Waals surface area contributed by atoms with E-state index in [4.69, 9.17) is 5.11 Å². The monoisotopic (exact) mass is 245 g/mol. The zero-order valence-electron chi connectivity index (χ0n) is 9.54. The number of nitrogens with zero attached hydrogens (tertiary/aromatic N) is 1. The van der Waals surface area contributed by atoms with Crippen molar-refractivity contribution in [2.24, 2.45) is 0 Å². The molecule has 0 radical (unpaired) electrons. The van der Waals surface area contributed by atoms with Crippen molar-refractivity contribution >= 4 is 5.97 Å². The van der Waals surface area contributed by atoms with Crippen LogP contribution in [-0.2, 0) is 11.3 Å². The fourth-order valence-corrected chi connectivity index (χ4v) is 1.42. The van der Waals surface area contributed by atoms with Crippen molar-refractivity contribution in [3.8, 4) is 5.75 Å². The third-order valence-electron chi connectivity index (χ3n) is 2.17. The van der Waals surface area contributed by atoms with E-state index in [0.29, 0.717) is 0 Å². The average molecular weight is 245 g/mol. The Morgan fingerprint density at radius 2 is 2.06 bits per heavy atom. The van der Waals surface area contributed by atoms with Gasteiger partial charge in [-0.2, -0.15) is 0 Å². The molecule has 1 aromatic carbocycles. The number of likely N-dealkylation sites (N-methyl/N-ethyl adjacent to an activating group) is 1. The second kappa shape index (κ2) is 5.58. The summed E-state index contributed by atoms with van der Waals surface area (Å²) in [6.07, 6.45) is 0. The first-order valence-corrected chi connectivity index (χ1v) is 4.86. The molecule has 0 saturated heterocycles. The van der Waals surface area contributed by atoms with Gasteiger partial charge in [0, 0.05) is 18.2 Å². The maximum absolute atomic E-state index is 13.5. The van der Waals surface area contributed by atoms with Crippen LogP contribution >= 0.6 is 0 Å². The van der Waals surface area contributed by atoms with Gasteiger partial charge in [-0.05, 0) is 13.1 Å². The summed E-state index contributed by atoms with van der Waals surface area (Å²) >= 11 is 0. The second-order valence-corrected chi connectivity index (χ2v) is 3.64. The summed E-state index contributed by atoms with van der Waals surface area (Å²) in [5.74, 6) is -2.50. The highest BCUT2D eigenvalue weighted by Gasteiger charge is 2.13. The molecule has 0 heterocycles. The first-order chi connectivity index (χ1) is 7.93. The third-order valence-corrected chi connectivity index (χ3v) is 2.17. The van der Waals surface area contributed by atoms with Gasteiger partial charge in [0.05, 0.1) is 13.7 Å². The van der Waals surface area contributed by atoms with E-state index in [-0.39, 0.29) is 24.4 Å². The van der Waals surface area contributed by atoms with E-state index in [1.807, 2.05) is 0 Å². The number of rotatable bonds is 5. The fourth-order valence-electron chi connectivity index (χ4n) is 1.42. The predicted octanol–water partition coefficient (Wildman–Crippen LogP) is 1.49. The van der Waals surface area contributed by atoms with E-state index in [1.54, 1.807) is 0 Å². The molecule has 0 unspecified atom stereocenters. The summed E-state index contributed by atoms with van der Waals surface area (Å²) in [6, 6.07) is 1.95. The lowest BCUT2D eigenvalue weighted by Gasteiger charge is -2.15. The van der Waals surface area contributed by atoms with Crippen molar-refractivity contribution in [3.05, 3.63) is 29.3 Å². The van der Waals surface area contributed by atoms with Gasteiger partial charge in [0.15, 0.2) is 11.6 Å². The number of aliphatic carboxylic acids is 1. The summed E-state index contributed by atoms with van der Waals surface area (Å²) in [7, 11) is 2.75. The minimum Gasteiger partial charge on any atom is -0.494 e. The minimum absolute atomic E-state index is 0.0129. The Labute approximate surface area is 97.4 Å². The maximum Gasteiger partial charge on any atom is 0.317 e. The summed E-state index contributed by atoms with van der Waals surface area (Å²) in [5, 5.41) is 8.54. The molecule has 0 saturated carbocycles. The minimum atomic E-state index is -1.03. The number of hydrogen-bond donors (Lipinski definition) is 1. The molecule has 0 aliphatic rings. The number of methoxy groups -OCH3 is 1. The fraction of sp³-hybridized carbons (Fsp3) is 0.364. The lowest BCUT2D eigenvalue weighted by Crippen LogP contribution is -2.25. The first-order valence-electron chi connectivity index (χ1n) is 4.86. The second-order valence-electron chi connectivity index (χ2n) is 3.64. The number of halogens is 2. The van der Waals surface area contributed by atoms with Crippen molar-refractivity contribution in [2.45, 2.75) is 6.54 Å². The van der Waals surface area contributed by atoms with Crippen LogP contribution in [0.15, 0.2) is 12.1 Å². The van der Waals surface area contributed by atoms with Crippen LogP contribution in [0.25, 0.3) is 0 Å². The van der Waals surface area contributed by atoms with Crippen molar-refractivity contribution < 1.29 is 23.4 Å². The topological polar surface area (TPSA) is 49.8 Å². The van der Waals surface area contributed by atoms with Crippen LogP contribution in [0.5, 0.6) is 5.75 Å². The molecule has 1 N–H and O–H groups in total. The van der Waals surface area contributed by atoms with Crippen LogP contribution in [0.4, 0.5) is 8.78 Å². The van der Waals surface area contributed by atoms with Crippen molar-refractivity contribution in [3.63, 3.8) is 0 Å². The number of carboxylic acids is 1. The summed E-state index contributed by atoms with van der Waals surface area (Å²) in [5.41, 5.74) is 0.0899. The lowest BCUT2D eigenvalue weighted by atomic mass is 10.2. The molecule has 0 aliphatic heterocycles. The Kier molecular flexibility index (Phi) is 4.39. The van der Waals surface area contributed by atoms with E-state index in [9.17, 15) is 13.6 Å². The van der Waals surface area contributed by atoms with Gasteiger partial charge < -0.3 is 9.84 Å². The molecule has 0 atom stereocenters. The van der Waals surface area contributed by atoms with Gasteiger partial charge in [-0.25, -0.2) is 8.78 Å². The standard InChI is InChI=1S/C11H13F2NO3/c1-14(6-11(15)16)5-7-3-9(13)10(17-2)4-8(7)12/h3-4H,5-6H2,1-2H3,(H,15,16). The number of hydrogen-bond acceptors (Lipinski definition) is 3. The lowest BCUT2D eigenvalue weighted by molar-refractivity contribution is -0.138. The smallest absolute Gasteiger partial charge is 0.317 e. The number of carbonyl (C=O) groups is 1. The van der Waals surface area contributed by atoms with Gasteiger partial charge in [0.2, 0.25) is 0 Å². The van der Waals surface area contributed by atoms with E-state index < -0.39 is 17.6 Å². The normalized spacial score (nSPS) is 10.6. The van der Waals surface area contributed by atoms with Crippen LogP contribution in [0.3, 0.4) is 0 Å². The van der Waals surface area contributed by atoms with Gasteiger partial charge in [0.25, 0.3) is 0 Å². The molecule has 0 fully saturated rings. The van der Waals surface area contributed by atoms with Crippen LogP contribution in [0.1, 0.15) is 5.56 Å². The summed E-state index contributed by atoms with van der Waals surface area (Å²) in [6.45, 7) is -0.230. The number of carboxylic acid groups (broad SMARTS) is 1. The Hall–Kier alpha value is -1.69. The summed E-state index contributed by atoms with van der Waals surface area (Å²) in [4.78, 5) is 11.8. The Morgan fingerprint density at radius 1 is 1.41 bits per heavy atom. The van der Waals surface area contributed by atoms with E-state index >= 15 is 0 Å². The summed E-state index contributed by atoms with van der Waals surface area (Å²) < 4.78 is 31.4. The molecule has 1 rings (SSSR count). The zero-order valence-corrected chi connectivity index (χ0v) is 9.54. The largest absolute Gasteiger partial charge is 0.494 e. The number of ether oxygens (including phenoxy) is 1. The molecular weight excluding hydrogens is 232 g/mol. The molecule has 0 spiro atoms. The van der Waals surface area contributed by atoms with Crippen LogP contribution < -0.4 is 4.74 Å². The van der Waals surface area contributed by atoms with Gasteiger partial charge in [-0.15, -0.1) is 0 Å². The third kappa shape index (κ3) is 3.67. The zero-order chi connectivity index (χ0) is 13.0. The molecule has 0 bridgehead atoms. The van der Waals surface area contributed by atoms with Gasteiger partial charge >= 0.3 is 5.97 Å². The van der Waals surface area contributed by atoms with E-state index in [0.717, 1.165) is 12.1 Å². The van der Waals surface area contributed by atoms with Crippen molar-refractivity contribution in [1.82, 2.24) is 4.90 Å². The van der Waals surface area contributed by atoms with Gasteiger partial charge in [0.1, 0.15) is 5.82 Å². The van der Waals surface area contributed by atoms with Crippen LogP contribution in [0.2, 0.25) is 0 Å². The molecular formula is C11H13F2NO3. The molecule has 6 heteroatoms. The molecule has 0 aromatic heterocycles.